The monoisotopic (exact) mass is 223 g/mol. The minimum atomic E-state index is -0.605. The lowest BCUT2D eigenvalue weighted by atomic mass is 10.5. The fourth-order valence-corrected chi connectivity index (χ4v) is 1.28. The molecule has 0 aromatic carbocycles. The number of hydrogen-bond acceptors (Lipinski definition) is 5. The smallest absolute Gasteiger partial charge is 0.358 e. The molecule has 7 nitrogen and oxygen atoms in total. The number of imidazole rings is 1. The highest BCUT2D eigenvalue weighted by molar-refractivity contribution is 5.87. The zero-order valence-electron chi connectivity index (χ0n) is 8.43. The van der Waals surface area contributed by atoms with Gasteiger partial charge in [-0.3, -0.25) is 14.2 Å². The summed E-state index contributed by atoms with van der Waals surface area (Å²) >= 11 is 0. The Hall–Kier alpha value is -2.31. The van der Waals surface area contributed by atoms with Gasteiger partial charge in [0.05, 0.1) is 12.7 Å². The van der Waals surface area contributed by atoms with Crippen molar-refractivity contribution in [2.24, 2.45) is 0 Å². The van der Waals surface area contributed by atoms with E-state index in [-0.39, 0.29) is 24.0 Å². The molecule has 0 saturated heterocycles. The molecule has 0 unspecified atom stereocenters. The topological polar surface area (TPSA) is 96.7 Å². The molecular weight excluding hydrogens is 214 g/mol. The van der Waals surface area contributed by atoms with Crippen molar-refractivity contribution in [1.29, 1.82) is 0 Å². The van der Waals surface area contributed by atoms with Crippen molar-refractivity contribution < 1.29 is 14.6 Å². The van der Waals surface area contributed by atoms with E-state index in [2.05, 4.69) is 9.97 Å². The van der Waals surface area contributed by atoms with Gasteiger partial charge in [0.25, 0.3) is 5.56 Å². The lowest BCUT2D eigenvalue weighted by molar-refractivity contribution is 0.0520. The quantitative estimate of drug-likeness (QED) is 0.693. The maximum Gasteiger partial charge on any atom is 0.358 e. The Balaban J connectivity index is 2.56. The molecule has 2 heterocycles. The van der Waals surface area contributed by atoms with Crippen molar-refractivity contribution in [1.82, 2.24) is 14.4 Å². The van der Waals surface area contributed by atoms with Crippen molar-refractivity contribution in [2.45, 2.75) is 6.92 Å². The van der Waals surface area contributed by atoms with Crippen molar-refractivity contribution in [3.05, 3.63) is 28.3 Å². The number of carbonyl (C=O) groups excluding carboxylic acids is 1. The maximum absolute atomic E-state index is 11.3. The van der Waals surface area contributed by atoms with Gasteiger partial charge in [-0.05, 0) is 6.92 Å². The summed E-state index contributed by atoms with van der Waals surface area (Å²) in [6.45, 7) is 1.91. The number of esters is 1. The molecule has 2 aromatic heterocycles. The van der Waals surface area contributed by atoms with Crippen molar-refractivity contribution in [3.8, 4) is 5.88 Å². The molecule has 16 heavy (non-hydrogen) atoms. The Bertz CT molecular complexity index is 598. The van der Waals surface area contributed by atoms with Gasteiger partial charge in [0.2, 0.25) is 11.7 Å². The van der Waals surface area contributed by atoms with Crippen LogP contribution in [-0.4, -0.2) is 32.1 Å². The van der Waals surface area contributed by atoms with Crippen LogP contribution in [0.2, 0.25) is 0 Å². The highest BCUT2D eigenvalue weighted by Gasteiger charge is 2.13. The lowest BCUT2D eigenvalue weighted by Crippen LogP contribution is -2.06. The predicted molar refractivity (Wildman–Crippen MR) is 53.4 cm³/mol. The largest absolute Gasteiger partial charge is 0.494 e. The van der Waals surface area contributed by atoms with Gasteiger partial charge in [0, 0.05) is 6.20 Å². The van der Waals surface area contributed by atoms with E-state index in [1.165, 1.54) is 10.6 Å². The normalized spacial score (nSPS) is 10.6. The number of H-pyrrole nitrogens is 1. The van der Waals surface area contributed by atoms with Crippen LogP contribution in [0.4, 0.5) is 0 Å². The zero-order chi connectivity index (χ0) is 11.7. The second-order valence-electron chi connectivity index (χ2n) is 3.03. The Morgan fingerprint density at radius 1 is 1.69 bits per heavy atom. The molecule has 0 bridgehead atoms. The summed E-state index contributed by atoms with van der Waals surface area (Å²) in [5.41, 5.74) is -0.468. The second-order valence-corrected chi connectivity index (χ2v) is 3.03. The van der Waals surface area contributed by atoms with Gasteiger partial charge in [0.15, 0.2) is 5.69 Å². The molecule has 0 aliphatic carbocycles. The number of ether oxygens (including phenoxy) is 1. The van der Waals surface area contributed by atoms with Crippen molar-refractivity contribution in [3.63, 3.8) is 0 Å². The number of fused-ring (bicyclic) bond motifs is 1. The second kappa shape index (κ2) is 3.69. The molecular formula is C9H9N3O4. The average molecular weight is 223 g/mol. The molecule has 7 heteroatoms. The van der Waals surface area contributed by atoms with E-state index in [0.29, 0.717) is 0 Å². The van der Waals surface area contributed by atoms with Gasteiger partial charge in [-0.15, -0.1) is 0 Å². The highest BCUT2D eigenvalue weighted by atomic mass is 16.5. The standard InChI is InChI=1S/C9H9N3O4/c1-2-16-8(15)5-4-12-7(14)3-6(13)11-9(12)10-5/h3-4,14H,2H2,1H3,(H,10,11,13). The summed E-state index contributed by atoms with van der Waals surface area (Å²) in [6.07, 6.45) is 1.29. The number of hydrogen-bond donors (Lipinski definition) is 2. The van der Waals surface area contributed by atoms with E-state index in [0.717, 1.165) is 6.07 Å². The summed E-state index contributed by atoms with van der Waals surface area (Å²) in [7, 11) is 0. The molecule has 0 saturated carbocycles. The lowest BCUT2D eigenvalue weighted by Gasteiger charge is -1.95. The molecule has 0 atom stereocenters. The molecule has 0 aliphatic heterocycles. The van der Waals surface area contributed by atoms with Crippen LogP contribution in [0.1, 0.15) is 17.4 Å². The zero-order valence-corrected chi connectivity index (χ0v) is 8.43. The molecule has 84 valence electrons. The highest BCUT2D eigenvalue weighted by Crippen LogP contribution is 2.10. The van der Waals surface area contributed by atoms with Crippen LogP contribution in [0.3, 0.4) is 0 Å². The van der Waals surface area contributed by atoms with Crippen LogP contribution in [0.5, 0.6) is 5.88 Å². The van der Waals surface area contributed by atoms with Crippen LogP contribution in [0.15, 0.2) is 17.1 Å². The summed E-state index contributed by atoms with van der Waals surface area (Å²) in [5.74, 6) is -0.804. The number of aromatic nitrogens is 3. The number of rotatable bonds is 2. The molecule has 0 aliphatic rings. The number of aromatic amines is 1. The Labute approximate surface area is 89.3 Å². The van der Waals surface area contributed by atoms with Gasteiger partial charge in [0.1, 0.15) is 0 Å². The van der Waals surface area contributed by atoms with Crippen molar-refractivity contribution in [2.75, 3.05) is 6.61 Å². The fourth-order valence-electron chi connectivity index (χ4n) is 1.28. The van der Waals surface area contributed by atoms with Gasteiger partial charge in [-0.1, -0.05) is 0 Å². The number of carbonyl (C=O) groups is 1. The van der Waals surface area contributed by atoms with Gasteiger partial charge in [-0.2, -0.15) is 0 Å². The van der Waals surface area contributed by atoms with E-state index in [4.69, 9.17) is 4.74 Å². The summed E-state index contributed by atoms with van der Waals surface area (Å²) < 4.78 is 5.93. The Morgan fingerprint density at radius 2 is 2.44 bits per heavy atom. The summed E-state index contributed by atoms with van der Waals surface area (Å²) in [4.78, 5) is 28.6. The van der Waals surface area contributed by atoms with Crippen LogP contribution >= 0.6 is 0 Å². The van der Waals surface area contributed by atoms with E-state index in [9.17, 15) is 14.7 Å². The van der Waals surface area contributed by atoms with Crippen molar-refractivity contribution >= 4 is 11.7 Å². The molecule has 2 N–H and O–H groups in total. The van der Waals surface area contributed by atoms with Gasteiger partial charge < -0.3 is 9.84 Å². The van der Waals surface area contributed by atoms with Crippen LogP contribution in [0, 0.1) is 0 Å². The fraction of sp³-hybridized carbons (Fsp3) is 0.222. The summed E-state index contributed by atoms with van der Waals surface area (Å²) in [6, 6.07) is 0.990. The Kier molecular flexibility index (Phi) is 2.35. The third-order valence-electron chi connectivity index (χ3n) is 1.93. The average Bonchev–Trinajstić information content (AvgIpc) is 2.62. The number of nitrogens with one attached hydrogen (secondary N) is 1. The molecule has 0 amide bonds. The minimum Gasteiger partial charge on any atom is -0.494 e. The Morgan fingerprint density at radius 3 is 3.12 bits per heavy atom. The van der Waals surface area contributed by atoms with E-state index in [1.54, 1.807) is 6.92 Å². The molecule has 0 radical (unpaired) electrons. The first-order valence-electron chi connectivity index (χ1n) is 4.60. The first-order valence-corrected chi connectivity index (χ1v) is 4.60. The summed E-state index contributed by atoms with van der Waals surface area (Å²) in [5, 5.41) is 9.43. The van der Waals surface area contributed by atoms with E-state index in [1.807, 2.05) is 0 Å². The third-order valence-corrected chi connectivity index (χ3v) is 1.93. The number of aromatic hydroxyl groups is 1. The van der Waals surface area contributed by atoms with Crippen LogP contribution < -0.4 is 5.56 Å². The predicted octanol–water partition coefficient (Wildman–Crippen LogP) is -0.0951. The third kappa shape index (κ3) is 1.62. The number of nitrogens with zero attached hydrogens (tertiary/aromatic N) is 2. The molecule has 2 aromatic rings. The van der Waals surface area contributed by atoms with Gasteiger partial charge in [-0.25, -0.2) is 9.78 Å². The minimum absolute atomic E-state index is 0.0269. The van der Waals surface area contributed by atoms with E-state index >= 15 is 0 Å². The SMILES string of the molecule is CCOC(=O)c1cn2c(O)cc(=O)[nH]c2n1. The first-order chi connectivity index (χ1) is 7.61. The molecule has 0 spiro atoms. The maximum atomic E-state index is 11.3. The van der Waals surface area contributed by atoms with E-state index < -0.39 is 11.5 Å². The first kappa shape index (κ1) is 10.2. The molecule has 2 rings (SSSR count). The van der Waals surface area contributed by atoms with Gasteiger partial charge >= 0.3 is 5.97 Å². The van der Waals surface area contributed by atoms with Crippen LogP contribution in [-0.2, 0) is 4.74 Å². The van der Waals surface area contributed by atoms with Crippen LogP contribution in [0.25, 0.3) is 5.78 Å². The molecule has 0 fully saturated rings.